The molecule has 1 aliphatic rings. The second kappa shape index (κ2) is 8.77. The minimum Gasteiger partial charge on any atom is -0.355 e. The summed E-state index contributed by atoms with van der Waals surface area (Å²) < 4.78 is 0. The molecule has 0 bridgehead atoms. The van der Waals surface area contributed by atoms with E-state index in [1.165, 1.54) is 6.92 Å². The summed E-state index contributed by atoms with van der Waals surface area (Å²) in [5.41, 5.74) is 0.934. The van der Waals surface area contributed by atoms with Crippen molar-refractivity contribution in [3.63, 3.8) is 0 Å². The summed E-state index contributed by atoms with van der Waals surface area (Å²) in [6, 6.07) is 10.2. The number of aromatic nitrogens is 3. The molecule has 1 fully saturated rings. The maximum atomic E-state index is 12.3. The van der Waals surface area contributed by atoms with Gasteiger partial charge in [-0.2, -0.15) is 5.10 Å². The first-order valence-corrected chi connectivity index (χ1v) is 9.22. The fourth-order valence-electron chi connectivity index (χ4n) is 3.40. The van der Waals surface area contributed by atoms with E-state index in [-0.39, 0.29) is 23.9 Å². The zero-order valence-electron chi connectivity index (χ0n) is 15.7. The van der Waals surface area contributed by atoms with Gasteiger partial charge in [0.15, 0.2) is 5.82 Å². The summed E-state index contributed by atoms with van der Waals surface area (Å²) in [7, 11) is 2.01. The summed E-state index contributed by atoms with van der Waals surface area (Å²) >= 11 is 0. The molecule has 0 unspecified atom stereocenters. The van der Waals surface area contributed by atoms with Crippen LogP contribution in [-0.4, -0.2) is 57.6 Å². The molecule has 1 aliphatic heterocycles. The Labute approximate surface area is 158 Å². The van der Waals surface area contributed by atoms with Crippen LogP contribution in [0.2, 0.25) is 0 Å². The van der Waals surface area contributed by atoms with E-state index in [0.717, 1.165) is 18.4 Å². The van der Waals surface area contributed by atoms with Crippen LogP contribution < -0.4 is 10.6 Å². The standard InChI is InChI=1S/C19H26N6O2/c1-13(26)20-11-16-9-8-15(25(16)2)10-18(27)21-12-17-22-19(24-23-17)14-6-4-3-5-7-14/h3-7,15-16H,8-12H2,1-2H3,(H,20,26)(H,21,27)(H,22,23,24)/t15-,16+/m0/s1. The van der Waals surface area contributed by atoms with Gasteiger partial charge in [0, 0.05) is 37.5 Å². The summed E-state index contributed by atoms with van der Waals surface area (Å²) in [5, 5.41) is 12.8. The number of aromatic amines is 1. The summed E-state index contributed by atoms with van der Waals surface area (Å²) in [6.07, 6.45) is 2.37. The number of nitrogens with zero attached hydrogens (tertiary/aromatic N) is 3. The smallest absolute Gasteiger partial charge is 0.221 e. The zero-order chi connectivity index (χ0) is 19.2. The first-order valence-electron chi connectivity index (χ1n) is 9.22. The molecule has 0 radical (unpaired) electrons. The van der Waals surface area contributed by atoms with Crippen molar-refractivity contribution in [1.82, 2.24) is 30.7 Å². The lowest BCUT2D eigenvalue weighted by atomic mass is 10.1. The van der Waals surface area contributed by atoms with E-state index in [0.29, 0.717) is 31.2 Å². The number of H-pyrrole nitrogens is 1. The van der Waals surface area contributed by atoms with Gasteiger partial charge >= 0.3 is 0 Å². The molecule has 3 N–H and O–H groups in total. The van der Waals surface area contributed by atoms with Gasteiger partial charge in [-0.1, -0.05) is 30.3 Å². The van der Waals surface area contributed by atoms with Crippen molar-refractivity contribution in [2.24, 2.45) is 0 Å². The molecular weight excluding hydrogens is 344 g/mol. The highest BCUT2D eigenvalue weighted by molar-refractivity contribution is 5.76. The van der Waals surface area contributed by atoms with Gasteiger partial charge in [-0.3, -0.25) is 19.6 Å². The molecule has 0 aliphatic carbocycles. The average molecular weight is 370 g/mol. The normalized spacial score (nSPS) is 19.8. The van der Waals surface area contributed by atoms with E-state index >= 15 is 0 Å². The highest BCUT2D eigenvalue weighted by Crippen LogP contribution is 2.24. The van der Waals surface area contributed by atoms with E-state index in [1.807, 2.05) is 37.4 Å². The number of amides is 2. The lowest BCUT2D eigenvalue weighted by molar-refractivity contribution is -0.122. The van der Waals surface area contributed by atoms with E-state index in [9.17, 15) is 9.59 Å². The Morgan fingerprint density at radius 2 is 1.93 bits per heavy atom. The molecule has 2 aromatic rings. The summed E-state index contributed by atoms with van der Waals surface area (Å²) in [5.74, 6) is 1.22. The van der Waals surface area contributed by atoms with Crippen LogP contribution in [0.15, 0.2) is 30.3 Å². The van der Waals surface area contributed by atoms with Crippen LogP contribution in [0.5, 0.6) is 0 Å². The van der Waals surface area contributed by atoms with Crippen LogP contribution in [0.1, 0.15) is 32.0 Å². The second-order valence-corrected chi connectivity index (χ2v) is 6.94. The molecule has 0 spiro atoms. The van der Waals surface area contributed by atoms with E-state index < -0.39 is 0 Å². The SMILES string of the molecule is CC(=O)NC[C@H]1CC[C@@H](CC(=O)NCc2nc(-c3ccccc3)n[nH]2)N1C. The van der Waals surface area contributed by atoms with Gasteiger partial charge in [-0.05, 0) is 19.9 Å². The Bertz CT molecular complexity index is 776. The number of carbonyl (C=O) groups excluding carboxylic acids is 2. The van der Waals surface area contributed by atoms with Gasteiger partial charge in [0.1, 0.15) is 5.82 Å². The van der Waals surface area contributed by atoms with Crippen molar-refractivity contribution in [2.45, 2.75) is 44.8 Å². The maximum Gasteiger partial charge on any atom is 0.221 e. The monoisotopic (exact) mass is 370 g/mol. The van der Waals surface area contributed by atoms with Crippen LogP contribution in [0.4, 0.5) is 0 Å². The van der Waals surface area contributed by atoms with Gasteiger partial charge in [0.25, 0.3) is 0 Å². The fourth-order valence-corrected chi connectivity index (χ4v) is 3.40. The molecule has 3 rings (SSSR count). The predicted octanol–water partition coefficient (Wildman–Crippen LogP) is 1.08. The average Bonchev–Trinajstić information content (AvgIpc) is 3.27. The van der Waals surface area contributed by atoms with E-state index in [1.54, 1.807) is 0 Å². The number of rotatable bonds is 7. The minimum atomic E-state index is -0.0217. The van der Waals surface area contributed by atoms with E-state index in [4.69, 9.17) is 0 Å². The number of benzene rings is 1. The number of carbonyl (C=O) groups is 2. The van der Waals surface area contributed by atoms with E-state index in [2.05, 4.69) is 30.7 Å². The zero-order valence-corrected chi connectivity index (χ0v) is 15.7. The first-order chi connectivity index (χ1) is 13.0. The lowest BCUT2D eigenvalue weighted by Crippen LogP contribution is -2.42. The molecule has 144 valence electrons. The van der Waals surface area contributed by atoms with Crippen LogP contribution in [0, 0.1) is 0 Å². The number of likely N-dealkylation sites (N-methyl/N-ethyl adjacent to an activating group) is 1. The predicted molar refractivity (Wildman–Crippen MR) is 102 cm³/mol. The van der Waals surface area contributed by atoms with Crippen molar-refractivity contribution in [3.8, 4) is 11.4 Å². The molecule has 27 heavy (non-hydrogen) atoms. The second-order valence-electron chi connectivity index (χ2n) is 6.94. The fraction of sp³-hybridized carbons (Fsp3) is 0.474. The first kappa shape index (κ1) is 19.0. The largest absolute Gasteiger partial charge is 0.355 e. The minimum absolute atomic E-state index is 0.00955. The molecule has 1 saturated heterocycles. The number of hydrogen-bond donors (Lipinski definition) is 3. The third-order valence-electron chi connectivity index (χ3n) is 5.01. The number of likely N-dealkylation sites (tertiary alicyclic amines) is 1. The molecule has 0 saturated carbocycles. The Balaban J connectivity index is 1.45. The van der Waals surface area contributed by atoms with Crippen LogP contribution >= 0.6 is 0 Å². The quantitative estimate of drug-likeness (QED) is 0.677. The lowest BCUT2D eigenvalue weighted by Gasteiger charge is -2.25. The third kappa shape index (κ3) is 5.13. The summed E-state index contributed by atoms with van der Waals surface area (Å²) in [4.78, 5) is 30.0. The van der Waals surface area contributed by atoms with Gasteiger partial charge in [0.05, 0.1) is 6.54 Å². The molecule has 8 nitrogen and oxygen atoms in total. The number of hydrogen-bond acceptors (Lipinski definition) is 5. The van der Waals surface area contributed by atoms with Crippen molar-refractivity contribution in [3.05, 3.63) is 36.2 Å². The van der Waals surface area contributed by atoms with Crippen LogP contribution in [0.25, 0.3) is 11.4 Å². The Kier molecular flexibility index (Phi) is 6.18. The Morgan fingerprint density at radius 1 is 1.19 bits per heavy atom. The molecule has 2 atom stereocenters. The van der Waals surface area contributed by atoms with Gasteiger partial charge in [0.2, 0.25) is 11.8 Å². The maximum absolute atomic E-state index is 12.3. The summed E-state index contributed by atoms with van der Waals surface area (Å²) in [6.45, 7) is 2.47. The van der Waals surface area contributed by atoms with Crippen molar-refractivity contribution < 1.29 is 9.59 Å². The van der Waals surface area contributed by atoms with Gasteiger partial charge in [-0.15, -0.1) is 0 Å². The van der Waals surface area contributed by atoms with Crippen molar-refractivity contribution in [2.75, 3.05) is 13.6 Å². The highest BCUT2D eigenvalue weighted by atomic mass is 16.2. The molecule has 1 aromatic carbocycles. The Hall–Kier alpha value is -2.74. The molecule has 2 amide bonds. The molecule has 8 heteroatoms. The molecule has 2 heterocycles. The third-order valence-corrected chi connectivity index (χ3v) is 5.01. The highest BCUT2D eigenvalue weighted by Gasteiger charge is 2.31. The van der Waals surface area contributed by atoms with Gasteiger partial charge in [-0.25, -0.2) is 4.98 Å². The molecular formula is C19H26N6O2. The van der Waals surface area contributed by atoms with Crippen molar-refractivity contribution in [1.29, 1.82) is 0 Å². The number of nitrogens with one attached hydrogen (secondary N) is 3. The molecule has 1 aromatic heterocycles. The van der Waals surface area contributed by atoms with Gasteiger partial charge < -0.3 is 10.6 Å². The van der Waals surface area contributed by atoms with Crippen molar-refractivity contribution >= 4 is 11.8 Å². The van der Waals surface area contributed by atoms with Crippen LogP contribution in [0.3, 0.4) is 0 Å². The topological polar surface area (TPSA) is 103 Å². The van der Waals surface area contributed by atoms with Crippen LogP contribution in [-0.2, 0) is 16.1 Å². The Morgan fingerprint density at radius 3 is 2.67 bits per heavy atom.